The van der Waals surface area contributed by atoms with Crippen LogP contribution in [0.3, 0.4) is 0 Å². The number of rotatable bonds is 12. The van der Waals surface area contributed by atoms with Gasteiger partial charge < -0.3 is 19.3 Å². The monoisotopic (exact) mass is 440 g/mol. The molecule has 2 aromatic rings. The summed E-state index contributed by atoms with van der Waals surface area (Å²) >= 11 is 0. The highest BCUT2D eigenvalue weighted by Crippen LogP contribution is 2.38. The Morgan fingerprint density at radius 3 is 2.53 bits per heavy atom. The summed E-state index contributed by atoms with van der Waals surface area (Å²) in [6, 6.07) is 16.5. The van der Waals surface area contributed by atoms with Gasteiger partial charge in [-0.2, -0.15) is 0 Å². The van der Waals surface area contributed by atoms with E-state index in [2.05, 4.69) is 52.0 Å². The van der Waals surface area contributed by atoms with Crippen LogP contribution in [0.2, 0.25) is 0 Å². The quantitative estimate of drug-likeness (QED) is 0.386. The van der Waals surface area contributed by atoms with Crippen molar-refractivity contribution in [1.82, 2.24) is 0 Å². The third-order valence-electron chi connectivity index (χ3n) is 6.55. The Hall–Kier alpha value is -2.04. The van der Waals surface area contributed by atoms with Gasteiger partial charge in [-0.15, -0.1) is 0 Å². The molecule has 2 unspecified atom stereocenters. The Labute approximate surface area is 193 Å². The second-order valence-corrected chi connectivity index (χ2v) is 9.98. The number of ether oxygens (including phenoxy) is 3. The van der Waals surface area contributed by atoms with Crippen LogP contribution < -0.4 is 9.47 Å². The Morgan fingerprint density at radius 2 is 1.84 bits per heavy atom. The van der Waals surface area contributed by atoms with Crippen molar-refractivity contribution in [2.45, 2.75) is 89.9 Å². The molecular formula is C28H40O4. The highest BCUT2D eigenvalue weighted by molar-refractivity contribution is 5.45. The number of aliphatic hydroxyl groups excluding tert-OH is 1. The van der Waals surface area contributed by atoms with E-state index in [1.165, 1.54) is 24.8 Å². The number of benzene rings is 2. The van der Waals surface area contributed by atoms with Crippen LogP contribution in [0.25, 0.3) is 0 Å². The SMILES string of the molecule is CCCCCC(C)(C)c1ccc(OCc2ccccc2)c(OCC2(C)CCC(CO)O2)c1. The van der Waals surface area contributed by atoms with Crippen LogP contribution in [0.15, 0.2) is 48.5 Å². The topological polar surface area (TPSA) is 47.9 Å². The molecular weight excluding hydrogens is 400 g/mol. The van der Waals surface area contributed by atoms with Gasteiger partial charge >= 0.3 is 0 Å². The van der Waals surface area contributed by atoms with Gasteiger partial charge in [-0.3, -0.25) is 0 Å². The summed E-state index contributed by atoms with van der Waals surface area (Å²) in [7, 11) is 0. The summed E-state index contributed by atoms with van der Waals surface area (Å²) in [5.41, 5.74) is 2.07. The van der Waals surface area contributed by atoms with E-state index in [0.717, 1.165) is 36.3 Å². The molecule has 0 radical (unpaired) electrons. The van der Waals surface area contributed by atoms with E-state index in [-0.39, 0.29) is 18.1 Å². The van der Waals surface area contributed by atoms with Gasteiger partial charge in [-0.05, 0) is 54.9 Å². The Bertz CT molecular complexity index is 833. The molecule has 1 aliphatic rings. The minimum atomic E-state index is -0.392. The summed E-state index contributed by atoms with van der Waals surface area (Å²) in [5.74, 6) is 1.52. The van der Waals surface area contributed by atoms with Crippen LogP contribution in [-0.4, -0.2) is 30.0 Å². The molecule has 4 heteroatoms. The van der Waals surface area contributed by atoms with Gasteiger partial charge in [0.05, 0.1) is 18.3 Å². The molecule has 1 saturated heterocycles. The second-order valence-electron chi connectivity index (χ2n) is 9.98. The molecule has 0 amide bonds. The van der Waals surface area contributed by atoms with Gasteiger partial charge in [0.2, 0.25) is 0 Å². The summed E-state index contributed by atoms with van der Waals surface area (Å²) < 4.78 is 18.5. The number of hydrogen-bond acceptors (Lipinski definition) is 4. The molecule has 0 bridgehead atoms. The number of unbranched alkanes of at least 4 members (excludes halogenated alkanes) is 2. The zero-order chi connectivity index (χ0) is 23.0. The second kappa shape index (κ2) is 11.2. The Kier molecular flexibility index (Phi) is 8.61. The molecule has 0 saturated carbocycles. The van der Waals surface area contributed by atoms with Gasteiger partial charge in [-0.25, -0.2) is 0 Å². The lowest BCUT2D eigenvalue weighted by Crippen LogP contribution is -2.33. The lowest BCUT2D eigenvalue weighted by atomic mass is 9.80. The highest BCUT2D eigenvalue weighted by Gasteiger charge is 2.36. The van der Waals surface area contributed by atoms with Crippen molar-refractivity contribution in [2.75, 3.05) is 13.2 Å². The van der Waals surface area contributed by atoms with E-state index in [1.807, 2.05) is 24.3 Å². The van der Waals surface area contributed by atoms with Crippen LogP contribution >= 0.6 is 0 Å². The van der Waals surface area contributed by atoms with E-state index >= 15 is 0 Å². The van der Waals surface area contributed by atoms with Crippen molar-refractivity contribution in [3.63, 3.8) is 0 Å². The van der Waals surface area contributed by atoms with Crippen LogP contribution in [0.4, 0.5) is 0 Å². The third-order valence-corrected chi connectivity index (χ3v) is 6.55. The molecule has 1 heterocycles. The van der Waals surface area contributed by atoms with E-state index < -0.39 is 5.60 Å². The van der Waals surface area contributed by atoms with Crippen LogP contribution in [-0.2, 0) is 16.8 Å². The first-order valence-electron chi connectivity index (χ1n) is 12.1. The standard InChI is InChI=1S/C28H40O4/c1-5-6-10-16-27(2,3)23-13-14-25(30-20-22-11-8-7-9-12-22)26(18-23)31-21-28(4)17-15-24(19-29)32-28/h7-9,11-14,18,24,29H,5-6,10,15-17,19-21H2,1-4H3. The summed E-state index contributed by atoms with van der Waals surface area (Å²) in [5, 5.41) is 9.43. The molecule has 4 nitrogen and oxygen atoms in total. The first-order valence-corrected chi connectivity index (χ1v) is 12.1. The molecule has 1 aliphatic heterocycles. The van der Waals surface area contributed by atoms with Crippen LogP contribution in [0.1, 0.15) is 77.3 Å². The maximum atomic E-state index is 9.43. The normalized spacial score (nSPS) is 21.0. The predicted octanol–water partition coefficient (Wildman–Crippen LogP) is 6.43. The lowest BCUT2D eigenvalue weighted by molar-refractivity contribution is -0.0697. The fourth-order valence-corrected chi connectivity index (χ4v) is 4.31. The van der Waals surface area contributed by atoms with Crippen molar-refractivity contribution in [2.24, 2.45) is 0 Å². The first kappa shape index (κ1) is 24.6. The summed E-state index contributed by atoms with van der Waals surface area (Å²) in [4.78, 5) is 0. The predicted molar refractivity (Wildman–Crippen MR) is 129 cm³/mol. The average Bonchev–Trinajstić information content (AvgIpc) is 3.19. The van der Waals surface area contributed by atoms with Gasteiger partial charge in [0.25, 0.3) is 0 Å². The molecule has 1 N–H and O–H groups in total. The first-order chi connectivity index (χ1) is 15.3. The van der Waals surface area contributed by atoms with Gasteiger partial charge in [0, 0.05) is 0 Å². The molecule has 1 fully saturated rings. The van der Waals surface area contributed by atoms with E-state index in [0.29, 0.717) is 13.2 Å². The smallest absolute Gasteiger partial charge is 0.161 e. The maximum Gasteiger partial charge on any atom is 0.161 e. The fourth-order valence-electron chi connectivity index (χ4n) is 4.31. The van der Waals surface area contributed by atoms with E-state index in [9.17, 15) is 5.11 Å². The minimum absolute atomic E-state index is 0.0580. The Balaban J connectivity index is 1.77. The van der Waals surface area contributed by atoms with Crippen molar-refractivity contribution in [3.8, 4) is 11.5 Å². The zero-order valence-electron chi connectivity index (χ0n) is 20.2. The molecule has 0 aromatic heterocycles. The highest BCUT2D eigenvalue weighted by atomic mass is 16.6. The molecule has 32 heavy (non-hydrogen) atoms. The molecule has 176 valence electrons. The number of hydrogen-bond donors (Lipinski definition) is 1. The summed E-state index contributed by atoms with van der Waals surface area (Å²) in [6.45, 7) is 9.90. The van der Waals surface area contributed by atoms with Gasteiger partial charge in [-0.1, -0.05) is 76.4 Å². The van der Waals surface area contributed by atoms with Gasteiger partial charge in [0.15, 0.2) is 11.5 Å². The lowest BCUT2D eigenvalue weighted by Gasteiger charge is -2.28. The zero-order valence-corrected chi connectivity index (χ0v) is 20.2. The fraction of sp³-hybridized carbons (Fsp3) is 0.571. The van der Waals surface area contributed by atoms with E-state index in [4.69, 9.17) is 14.2 Å². The third kappa shape index (κ3) is 6.73. The Morgan fingerprint density at radius 1 is 1.06 bits per heavy atom. The average molecular weight is 441 g/mol. The molecule has 2 atom stereocenters. The number of aliphatic hydroxyl groups is 1. The van der Waals surface area contributed by atoms with Crippen LogP contribution in [0.5, 0.6) is 11.5 Å². The minimum Gasteiger partial charge on any atom is -0.487 e. The molecule has 3 rings (SSSR count). The van der Waals surface area contributed by atoms with Crippen molar-refractivity contribution in [1.29, 1.82) is 0 Å². The maximum absolute atomic E-state index is 9.43. The van der Waals surface area contributed by atoms with E-state index in [1.54, 1.807) is 0 Å². The molecule has 2 aromatic carbocycles. The van der Waals surface area contributed by atoms with Crippen molar-refractivity contribution in [3.05, 3.63) is 59.7 Å². The summed E-state index contributed by atoms with van der Waals surface area (Å²) in [6.07, 6.45) is 6.49. The van der Waals surface area contributed by atoms with Crippen LogP contribution in [0, 0.1) is 0 Å². The molecule has 0 aliphatic carbocycles. The van der Waals surface area contributed by atoms with Crippen molar-refractivity contribution < 1.29 is 19.3 Å². The largest absolute Gasteiger partial charge is 0.487 e. The van der Waals surface area contributed by atoms with Gasteiger partial charge in [0.1, 0.15) is 13.2 Å². The molecule has 0 spiro atoms. The van der Waals surface area contributed by atoms with Crippen molar-refractivity contribution >= 4 is 0 Å².